The van der Waals surface area contributed by atoms with E-state index in [0.717, 1.165) is 13.0 Å². The molecule has 1 N–H and O–H groups in total. The van der Waals surface area contributed by atoms with Gasteiger partial charge in [-0.3, -0.25) is 14.1 Å². The highest BCUT2D eigenvalue weighted by Crippen LogP contribution is 2.19. The minimum Gasteiger partial charge on any atom is -0.468 e. The van der Waals surface area contributed by atoms with E-state index in [2.05, 4.69) is 4.74 Å². The number of carbonyl (C=O) groups is 1. The van der Waals surface area contributed by atoms with Crippen LogP contribution in [0.1, 0.15) is 19.3 Å². The van der Waals surface area contributed by atoms with Crippen molar-refractivity contribution in [3.05, 3.63) is 0 Å². The number of aliphatic hydroxyl groups is 1. The standard InChI is InChI=1S/C10H18FNO3/c1-15-10(14)9-8(13)4-2-6-12(9)7-3-5-11/h8-9,13H,2-7H2,1H3/t8-,9+/m0/s1. The molecule has 0 aromatic heterocycles. The van der Waals surface area contributed by atoms with Gasteiger partial charge < -0.3 is 9.84 Å². The zero-order valence-corrected chi connectivity index (χ0v) is 8.99. The third-order valence-electron chi connectivity index (χ3n) is 2.72. The lowest BCUT2D eigenvalue weighted by Crippen LogP contribution is -2.53. The number of piperidine rings is 1. The van der Waals surface area contributed by atoms with E-state index in [9.17, 15) is 14.3 Å². The van der Waals surface area contributed by atoms with Crippen molar-refractivity contribution in [2.45, 2.75) is 31.4 Å². The molecular weight excluding hydrogens is 201 g/mol. The van der Waals surface area contributed by atoms with Crippen LogP contribution in [0.4, 0.5) is 4.39 Å². The molecule has 0 aromatic rings. The van der Waals surface area contributed by atoms with E-state index in [1.165, 1.54) is 7.11 Å². The van der Waals surface area contributed by atoms with Crippen molar-refractivity contribution in [3.8, 4) is 0 Å². The summed E-state index contributed by atoms with van der Waals surface area (Å²) in [5.41, 5.74) is 0. The van der Waals surface area contributed by atoms with Gasteiger partial charge in [0.2, 0.25) is 0 Å². The van der Waals surface area contributed by atoms with Gasteiger partial charge in [-0.25, -0.2) is 0 Å². The normalized spacial score (nSPS) is 27.7. The summed E-state index contributed by atoms with van der Waals surface area (Å²) in [4.78, 5) is 13.2. The number of hydrogen-bond donors (Lipinski definition) is 1. The lowest BCUT2D eigenvalue weighted by molar-refractivity contribution is -0.154. The summed E-state index contributed by atoms with van der Waals surface area (Å²) in [7, 11) is 1.30. The Morgan fingerprint density at radius 3 is 3.00 bits per heavy atom. The molecule has 4 nitrogen and oxygen atoms in total. The van der Waals surface area contributed by atoms with Gasteiger partial charge in [0, 0.05) is 6.54 Å². The summed E-state index contributed by atoms with van der Waals surface area (Å²) in [5, 5.41) is 9.70. The highest BCUT2D eigenvalue weighted by Gasteiger charge is 2.36. The zero-order chi connectivity index (χ0) is 11.3. The number of likely N-dealkylation sites (tertiary alicyclic amines) is 1. The van der Waals surface area contributed by atoms with Gasteiger partial charge in [-0.15, -0.1) is 0 Å². The summed E-state index contributed by atoms with van der Waals surface area (Å²) in [6.07, 6.45) is 1.14. The number of alkyl halides is 1. The fourth-order valence-corrected chi connectivity index (χ4v) is 1.98. The molecule has 5 heteroatoms. The van der Waals surface area contributed by atoms with Crippen LogP contribution in [-0.4, -0.2) is 55.0 Å². The fourth-order valence-electron chi connectivity index (χ4n) is 1.98. The first kappa shape index (κ1) is 12.4. The van der Waals surface area contributed by atoms with E-state index in [0.29, 0.717) is 19.4 Å². The van der Waals surface area contributed by atoms with E-state index in [1.807, 2.05) is 0 Å². The quantitative estimate of drug-likeness (QED) is 0.693. The van der Waals surface area contributed by atoms with Crippen LogP contribution < -0.4 is 0 Å². The largest absolute Gasteiger partial charge is 0.468 e. The Bertz CT molecular complexity index is 213. The van der Waals surface area contributed by atoms with Crippen LogP contribution in [0, 0.1) is 0 Å². The first-order chi connectivity index (χ1) is 7.20. The van der Waals surface area contributed by atoms with Gasteiger partial charge in [-0.05, 0) is 25.8 Å². The maximum atomic E-state index is 12.0. The Labute approximate surface area is 89.0 Å². The van der Waals surface area contributed by atoms with Crippen molar-refractivity contribution in [1.29, 1.82) is 0 Å². The van der Waals surface area contributed by atoms with Crippen molar-refractivity contribution in [3.63, 3.8) is 0 Å². The lowest BCUT2D eigenvalue weighted by atomic mass is 9.98. The molecule has 0 spiro atoms. The Balaban J connectivity index is 2.59. The number of ether oxygens (including phenoxy) is 1. The van der Waals surface area contributed by atoms with E-state index in [1.54, 1.807) is 4.90 Å². The molecule has 15 heavy (non-hydrogen) atoms. The van der Waals surface area contributed by atoms with E-state index in [4.69, 9.17) is 0 Å². The first-order valence-corrected chi connectivity index (χ1v) is 5.26. The molecular formula is C10H18FNO3. The average molecular weight is 219 g/mol. The minimum absolute atomic E-state index is 0.389. The summed E-state index contributed by atoms with van der Waals surface area (Å²) < 4.78 is 16.7. The Morgan fingerprint density at radius 2 is 2.40 bits per heavy atom. The third kappa shape index (κ3) is 3.14. The molecule has 0 saturated carbocycles. The summed E-state index contributed by atoms with van der Waals surface area (Å²) in [5.74, 6) is -0.430. The Kier molecular flexibility index (Phi) is 4.98. The van der Waals surface area contributed by atoms with Crippen LogP contribution >= 0.6 is 0 Å². The number of carbonyl (C=O) groups excluding carboxylic acids is 1. The number of aliphatic hydroxyl groups excluding tert-OH is 1. The topological polar surface area (TPSA) is 49.8 Å². The van der Waals surface area contributed by atoms with Crippen LogP contribution in [-0.2, 0) is 9.53 Å². The van der Waals surface area contributed by atoms with Crippen molar-refractivity contribution in [2.75, 3.05) is 26.9 Å². The number of nitrogens with zero attached hydrogens (tertiary/aromatic N) is 1. The highest BCUT2D eigenvalue weighted by atomic mass is 19.1. The molecule has 1 aliphatic rings. The minimum atomic E-state index is -0.689. The number of esters is 1. The molecule has 2 atom stereocenters. The summed E-state index contributed by atoms with van der Waals surface area (Å²) in [6.45, 7) is 0.810. The van der Waals surface area contributed by atoms with Gasteiger partial charge in [-0.1, -0.05) is 0 Å². The number of halogens is 1. The van der Waals surface area contributed by atoms with E-state index < -0.39 is 24.8 Å². The molecule has 1 rings (SSSR count). The van der Waals surface area contributed by atoms with Crippen molar-refractivity contribution >= 4 is 5.97 Å². The monoisotopic (exact) mass is 219 g/mol. The number of methoxy groups -OCH3 is 1. The number of hydrogen-bond acceptors (Lipinski definition) is 4. The molecule has 0 amide bonds. The van der Waals surface area contributed by atoms with Gasteiger partial charge in [0.1, 0.15) is 6.04 Å². The predicted molar refractivity (Wildman–Crippen MR) is 53.2 cm³/mol. The summed E-state index contributed by atoms with van der Waals surface area (Å²) >= 11 is 0. The highest BCUT2D eigenvalue weighted by molar-refractivity contribution is 5.76. The molecule has 0 unspecified atom stereocenters. The second-order valence-electron chi connectivity index (χ2n) is 3.76. The summed E-state index contributed by atoms with van der Waals surface area (Å²) in [6, 6.07) is -0.615. The second kappa shape index (κ2) is 6.02. The van der Waals surface area contributed by atoms with Gasteiger partial charge >= 0.3 is 5.97 Å². The molecule has 0 bridgehead atoms. The molecule has 0 radical (unpaired) electrons. The third-order valence-corrected chi connectivity index (χ3v) is 2.72. The second-order valence-corrected chi connectivity index (χ2v) is 3.76. The van der Waals surface area contributed by atoms with Crippen molar-refractivity contribution in [1.82, 2.24) is 4.90 Å². The Morgan fingerprint density at radius 1 is 1.67 bits per heavy atom. The maximum absolute atomic E-state index is 12.0. The smallest absolute Gasteiger partial charge is 0.325 e. The molecule has 0 aliphatic carbocycles. The Hall–Kier alpha value is -0.680. The van der Waals surface area contributed by atoms with Crippen LogP contribution in [0.3, 0.4) is 0 Å². The zero-order valence-electron chi connectivity index (χ0n) is 8.99. The van der Waals surface area contributed by atoms with E-state index in [-0.39, 0.29) is 0 Å². The maximum Gasteiger partial charge on any atom is 0.325 e. The average Bonchev–Trinajstić information content (AvgIpc) is 2.25. The fraction of sp³-hybridized carbons (Fsp3) is 0.900. The van der Waals surface area contributed by atoms with Gasteiger partial charge in [-0.2, -0.15) is 0 Å². The van der Waals surface area contributed by atoms with Crippen LogP contribution in [0.25, 0.3) is 0 Å². The molecule has 1 saturated heterocycles. The molecule has 1 fully saturated rings. The molecule has 0 aromatic carbocycles. The number of rotatable bonds is 4. The van der Waals surface area contributed by atoms with Crippen LogP contribution in [0.15, 0.2) is 0 Å². The van der Waals surface area contributed by atoms with Gasteiger partial charge in [0.25, 0.3) is 0 Å². The van der Waals surface area contributed by atoms with E-state index >= 15 is 0 Å². The SMILES string of the molecule is COC(=O)[C@H]1[C@@H](O)CCCN1CCCF. The van der Waals surface area contributed by atoms with Crippen molar-refractivity contribution in [2.24, 2.45) is 0 Å². The van der Waals surface area contributed by atoms with Crippen LogP contribution in [0.2, 0.25) is 0 Å². The van der Waals surface area contributed by atoms with Crippen molar-refractivity contribution < 1.29 is 19.0 Å². The molecule has 1 heterocycles. The first-order valence-electron chi connectivity index (χ1n) is 5.26. The van der Waals surface area contributed by atoms with Crippen LogP contribution in [0.5, 0.6) is 0 Å². The predicted octanol–water partition coefficient (Wildman–Crippen LogP) is 0.344. The van der Waals surface area contributed by atoms with Gasteiger partial charge in [0.05, 0.1) is 19.9 Å². The van der Waals surface area contributed by atoms with Gasteiger partial charge in [0.15, 0.2) is 0 Å². The lowest BCUT2D eigenvalue weighted by Gasteiger charge is -2.36. The molecule has 1 aliphatic heterocycles. The molecule has 88 valence electrons.